The number of nitrogens with two attached hydrogens (primary N) is 1. The van der Waals surface area contributed by atoms with E-state index in [1.165, 1.54) is 25.0 Å². The van der Waals surface area contributed by atoms with Crippen molar-refractivity contribution in [3.63, 3.8) is 0 Å². The standard InChI is InChI=1S/C15H21F3N2/c1-10(11-7-8-11)20(2)9-14(19)12-5-3-4-6-13(12)15(16,17)18/h3-6,10-11,14H,7-9,19H2,1-2H3. The van der Waals surface area contributed by atoms with Crippen LogP contribution in [0.25, 0.3) is 0 Å². The number of hydrogen-bond donors (Lipinski definition) is 1. The number of nitrogens with zero attached hydrogens (tertiary/aromatic N) is 1. The molecule has 0 heterocycles. The summed E-state index contributed by atoms with van der Waals surface area (Å²) in [7, 11) is 1.93. The minimum atomic E-state index is -4.35. The topological polar surface area (TPSA) is 29.3 Å². The summed E-state index contributed by atoms with van der Waals surface area (Å²) in [4.78, 5) is 2.06. The predicted molar refractivity (Wildman–Crippen MR) is 73.2 cm³/mol. The van der Waals surface area contributed by atoms with Crippen molar-refractivity contribution in [2.24, 2.45) is 11.7 Å². The maximum absolute atomic E-state index is 13.0. The molecule has 5 heteroatoms. The Morgan fingerprint density at radius 3 is 2.45 bits per heavy atom. The van der Waals surface area contributed by atoms with Crippen molar-refractivity contribution in [2.45, 2.75) is 38.0 Å². The van der Waals surface area contributed by atoms with Gasteiger partial charge in [0.05, 0.1) is 5.56 Å². The van der Waals surface area contributed by atoms with Gasteiger partial charge in [0.25, 0.3) is 0 Å². The number of likely N-dealkylation sites (N-methyl/N-ethyl adjacent to an activating group) is 1. The van der Waals surface area contributed by atoms with Crippen molar-refractivity contribution in [2.75, 3.05) is 13.6 Å². The molecule has 0 radical (unpaired) electrons. The first-order valence-electron chi connectivity index (χ1n) is 6.92. The second-order valence-corrected chi connectivity index (χ2v) is 5.71. The average Bonchev–Trinajstić information content (AvgIpc) is 3.21. The molecule has 1 saturated carbocycles. The number of alkyl halides is 3. The van der Waals surface area contributed by atoms with Gasteiger partial charge in [-0.1, -0.05) is 18.2 Å². The van der Waals surface area contributed by atoms with Crippen LogP contribution in [0, 0.1) is 5.92 Å². The van der Waals surface area contributed by atoms with Gasteiger partial charge in [-0.25, -0.2) is 0 Å². The third-order valence-corrected chi connectivity index (χ3v) is 4.15. The lowest BCUT2D eigenvalue weighted by atomic mass is 9.99. The molecule has 2 rings (SSSR count). The summed E-state index contributed by atoms with van der Waals surface area (Å²) in [5.74, 6) is 0.671. The molecule has 0 saturated heterocycles. The van der Waals surface area contributed by atoms with E-state index in [4.69, 9.17) is 5.73 Å². The van der Waals surface area contributed by atoms with E-state index in [1.807, 2.05) is 7.05 Å². The molecule has 1 aliphatic rings. The molecule has 2 atom stereocenters. The van der Waals surface area contributed by atoms with Crippen molar-refractivity contribution in [3.8, 4) is 0 Å². The molecule has 2 N–H and O–H groups in total. The molecule has 1 aromatic rings. The smallest absolute Gasteiger partial charge is 0.323 e. The number of benzene rings is 1. The fourth-order valence-corrected chi connectivity index (χ4v) is 2.59. The summed E-state index contributed by atoms with van der Waals surface area (Å²) in [6, 6.07) is 5.32. The second kappa shape index (κ2) is 5.74. The van der Waals surface area contributed by atoms with Crippen LogP contribution in [0.2, 0.25) is 0 Å². The summed E-state index contributed by atoms with van der Waals surface area (Å²) in [5.41, 5.74) is 5.56. The van der Waals surface area contributed by atoms with Crippen molar-refractivity contribution in [3.05, 3.63) is 35.4 Å². The molecule has 0 spiro atoms. The Morgan fingerprint density at radius 2 is 1.90 bits per heavy atom. The molecule has 2 unspecified atom stereocenters. The Labute approximate surface area is 117 Å². The highest BCUT2D eigenvalue weighted by atomic mass is 19.4. The molecule has 1 aliphatic carbocycles. The predicted octanol–water partition coefficient (Wildman–Crippen LogP) is 3.44. The molecule has 1 fully saturated rings. The van der Waals surface area contributed by atoms with Crippen LogP contribution in [-0.4, -0.2) is 24.5 Å². The Bertz CT molecular complexity index is 455. The monoisotopic (exact) mass is 286 g/mol. The second-order valence-electron chi connectivity index (χ2n) is 5.71. The van der Waals surface area contributed by atoms with Gasteiger partial charge in [0.1, 0.15) is 0 Å². The Kier molecular flexibility index (Phi) is 4.39. The van der Waals surface area contributed by atoms with E-state index < -0.39 is 17.8 Å². The van der Waals surface area contributed by atoms with Crippen LogP contribution in [0.3, 0.4) is 0 Å². The first-order valence-corrected chi connectivity index (χ1v) is 6.92. The minimum absolute atomic E-state index is 0.176. The minimum Gasteiger partial charge on any atom is -0.323 e. The van der Waals surface area contributed by atoms with Crippen LogP contribution in [0.15, 0.2) is 24.3 Å². The Balaban J connectivity index is 2.10. The quantitative estimate of drug-likeness (QED) is 0.898. The zero-order valence-electron chi connectivity index (χ0n) is 11.8. The Hall–Kier alpha value is -1.07. The van der Waals surface area contributed by atoms with Crippen LogP contribution in [-0.2, 0) is 6.18 Å². The number of hydrogen-bond acceptors (Lipinski definition) is 2. The van der Waals surface area contributed by atoms with Gasteiger partial charge in [-0.3, -0.25) is 0 Å². The first kappa shape index (κ1) is 15.3. The van der Waals surface area contributed by atoms with E-state index in [1.54, 1.807) is 6.07 Å². The molecule has 0 amide bonds. The summed E-state index contributed by atoms with van der Waals surface area (Å²) in [6.45, 7) is 2.55. The summed E-state index contributed by atoms with van der Waals surface area (Å²) in [5, 5.41) is 0. The summed E-state index contributed by atoms with van der Waals surface area (Å²) >= 11 is 0. The molecular weight excluding hydrogens is 265 g/mol. The molecule has 0 aromatic heterocycles. The Morgan fingerprint density at radius 1 is 1.30 bits per heavy atom. The van der Waals surface area contributed by atoms with Crippen molar-refractivity contribution in [1.82, 2.24) is 4.90 Å². The SMILES string of the molecule is CC(C1CC1)N(C)CC(N)c1ccccc1C(F)(F)F. The fraction of sp³-hybridized carbons (Fsp3) is 0.600. The van der Waals surface area contributed by atoms with E-state index >= 15 is 0 Å². The molecule has 0 aliphatic heterocycles. The first-order chi connectivity index (χ1) is 9.30. The van der Waals surface area contributed by atoms with Crippen LogP contribution in [0.4, 0.5) is 13.2 Å². The highest BCUT2D eigenvalue weighted by Crippen LogP contribution is 2.36. The average molecular weight is 286 g/mol. The van der Waals surface area contributed by atoms with E-state index in [2.05, 4.69) is 11.8 Å². The highest BCUT2D eigenvalue weighted by Gasteiger charge is 2.35. The van der Waals surface area contributed by atoms with Gasteiger partial charge in [0.2, 0.25) is 0 Å². The summed E-state index contributed by atoms with van der Waals surface area (Å²) < 4.78 is 38.9. The van der Waals surface area contributed by atoms with Crippen LogP contribution in [0.1, 0.15) is 36.9 Å². The van der Waals surface area contributed by atoms with Crippen molar-refractivity contribution >= 4 is 0 Å². The lowest BCUT2D eigenvalue weighted by molar-refractivity contribution is -0.138. The highest BCUT2D eigenvalue weighted by molar-refractivity contribution is 5.32. The summed E-state index contributed by atoms with van der Waals surface area (Å²) in [6.07, 6.45) is -1.94. The number of rotatable bonds is 5. The van der Waals surface area contributed by atoms with E-state index in [9.17, 15) is 13.2 Å². The van der Waals surface area contributed by atoms with Gasteiger partial charge in [-0.05, 0) is 44.4 Å². The maximum Gasteiger partial charge on any atom is 0.416 e. The normalized spacial score (nSPS) is 19.1. The molecule has 112 valence electrons. The van der Waals surface area contributed by atoms with Gasteiger partial charge in [-0.2, -0.15) is 13.2 Å². The van der Waals surface area contributed by atoms with Crippen LogP contribution in [0.5, 0.6) is 0 Å². The maximum atomic E-state index is 13.0. The molecule has 2 nitrogen and oxygen atoms in total. The molecule has 0 bridgehead atoms. The van der Waals surface area contributed by atoms with Gasteiger partial charge in [0.15, 0.2) is 0 Å². The van der Waals surface area contributed by atoms with E-state index in [-0.39, 0.29) is 5.56 Å². The van der Waals surface area contributed by atoms with Crippen molar-refractivity contribution in [1.29, 1.82) is 0 Å². The zero-order chi connectivity index (χ0) is 14.9. The van der Waals surface area contributed by atoms with Gasteiger partial charge in [0, 0.05) is 18.6 Å². The van der Waals surface area contributed by atoms with Gasteiger partial charge in [-0.15, -0.1) is 0 Å². The largest absolute Gasteiger partial charge is 0.416 e. The molecule has 1 aromatic carbocycles. The van der Waals surface area contributed by atoms with Crippen molar-refractivity contribution < 1.29 is 13.2 Å². The van der Waals surface area contributed by atoms with E-state index in [0.29, 0.717) is 18.5 Å². The number of halogens is 3. The van der Waals surface area contributed by atoms with Crippen LogP contribution < -0.4 is 5.73 Å². The third-order valence-electron chi connectivity index (χ3n) is 4.15. The molecule has 20 heavy (non-hydrogen) atoms. The third kappa shape index (κ3) is 3.52. The van der Waals surface area contributed by atoms with Gasteiger partial charge >= 0.3 is 6.18 Å². The lowest BCUT2D eigenvalue weighted by Gasteiger charge is -2.28. The molecular formula is C15H21F3N2. The van der Waals surface area contributed by atoms with Crippen LogP contribution >= 0.6 is 0 Å². The van der Waals surface area contributed by atoms with E-state index in [0.717, 1.165) is 6.07 Å². The fourth-order valence-electron chi connectivity index (χ4n) is 2.59. The lowest BCUT2D eigenvalue weighted by Crippen LogP contribution is -2.37. The van der Waals surface area contributed by atoms with Gasteiger partial charge < -0.3 is 10.6 Å². The zero-order valence-corrected chi connectivity index (χ0v) is 11.8.